The minimum atomic E-state index is -0.282. The van der Waals surface area contributed by atoms with Crippen molar-refractivity contribution >= 4 is 29.1 Å². The maximum Gasteiger partial charge on any atom is 0.271 e. The molecule has 0 fully saturated rings. The van der Waals surface area contributed by atoms with Crippen molar-refractivity contribution in [2.45, 2.75) is 13.3 Å². The van der Waals surface area contributed by atoms with Gasteiger partial charge in [0.05, 0.1) is 10.7 Å². The first-order chi connectivity index (χ1) is 10.0. The van der Waals surface area contributed by atoms with Gasteiger partial charge in [0.2, 0.25) is 0 Å². The van der Waals surface area contributed by atoms with Gasteiger partial charge in [-0.05, 0) is 37.6 Å². The molecule has 112 valence electrons. The monoisotopic (exact) mass is 327 g/mol. The number of carbonyl (C=O) groups is 1. The topological polar surface area (TPSA) is 67.2 Å². The Morgan fingerprint density at radius 2 is 2.14 bits per heavy atom. The van der Waals surface area contributed by atoms with Gasteiger partial charge in [0.25, 0.3) is 5.91 Å². The van der Waals surface area contributed by atoms with E-state index in [-0.39, 0.29) is 12.5 Å². The van der Waals surface area contributed by atoms with Crippen LogP contribution in [0.3, 0.4) is 0 Å². The van der Waals surface area contributed by atoms with E-state index in [0.29, 0.717) is 34.4 Å². The highest BCUT2D eigenvalue weighted by Gasteiger charge is 2.14. The van der Waals surface area contributed by atoms with E-state index >= 15 is 0 Å². The third-order valence-corrected chi connectivity index (χ3v) is 3.42. The minimum absolute atomic E-state index is 0.0358. The highest BCUT2D eigenvalue weighted by molar-refractivity contribution is 6.35. The zero-order chi connectivity index (χ0) is 15.4. The van der Waals surface area contributed by atoms with E-state index in [4.69, 9.17) is 28.3 Å². The Bertz CT molecular complexity index is 656. The van der Waals surface area contributed by atoms with Crippen molar-refractivity contribution in [3.8, 4) is 5.69 Å². The molecule has 7 heteroatoms. The lowest BCUT2D eigenvalue weighted by molar-refractivity contribution is 0.0945. The van der Waals surface area contributed by atoms with Crippen molar-refractivity contribution < 1.29 is 9.90 Å². The van der Waals surface area contributed by atoms with Gasteiger partial charge in [-0.15, -0.1) is 0 Å². The molecule has 2 rings (SSSR count). The Hall–Kier alpha value is -1.56. The van der Waals surface area contributed by atoms with Crippen molar-refractivity contribution in [1.29, 1.82) is 0 Å². The Balaban J connectivity index is 2.24. The van der Waals surface area contributed by atoms with Crippen LogP contribution in [0.1, 0.15) is 22.6 Å². The Morgan fingerprint density at radius 1 is 1.38 bits per heavy atom. The van der Waals surface area contributed by atoms with Gasteiger partial charge in [-0.1, -0.05) is 23.2 Å². The predicted molar refractivity (Wildman–Crippen MR) is 82.4 cm³/mol. The number of aromatic nitrogens is 2. The lowest BCUT2D eigenvalue weighted by Gasteiger charge is -2.06. The van der Waals surface area contributed by atoms with E-state index < -0.39 is 0 Å². The van der Waals surface area contributed by atoms with E-state index in [9.17, 15) is 4.79 Å². The van der Waals surface area contributed by atoms with Crippen LogP contribution in [0.2, 0.25) is 10.0 Å². The van der Waals surface area contributed by atoms with Crippen LogP contribution < -0.4 is 5.32 Å². The standard InChI is InChI=1S/C14H15Cl2N3O2/c1-9-7-12(14(21)17-5-2-6-20)18-19(9)13-4-3-10(15)8-11(13)16/h3-4,7-8,20H,2,5-6H2,1H3,(H,17,21). The number of nitrogens with one attached hydrogen (secondary N) is 1. The first kappa shape index (κ1) is 15.8. The molecule has 1 aromatic carbocycles. The smallest absolute Gasteiger partial charge is 0.271 e. The summed E-state index contributed by atoms with van der Waals surface area (Å²) in [5, 5.41) is 16.7. The fraction of sp³-hybridized carbons (Fsp3) is 0.286. The average molecular weight is 328 g/mol. The SMILES string of the molecule is Cc1cc(C(=O)NCCCO)nn1-c1ccc(Cl)cc1Cl. The molecule has 0 saturated carbocycles. The van der Waals surface area contributed by atoms with Gasteiger partial charge in [0, 0.05) is 23.9 Å². The van der Waals surface area contributed by atoms with Gasteiger partial charge >= 0.3 is 0 Å². The molecule has 21 heavy (non-hydrogen) atoms. The predicted octanol–water partition coefficient (Wildman–Crippen LogP) is 2.60. The van der Waals surface area contributed by atoms with Crippen molar-refractivity contribution in [3.05, 3.63) is 45.7 Å². The number of nitrogens with zero attached hydrogens (tertiary/aromatic N) is 2. The normalized spacial score (nSPS) is 10.7. The third-order valence-electron chi connectivity index (χ3n) is 2.88. The number of rotatable bonds is 5. The van der Waals surface area contributed by atoms with E-state index in [1.165, 1.54) is 0 Å². The van der Waals surface area contributed by atoms with Crippen LogP contribution in [-0.4, -0.2) is 33.9 Å². The van der Waals surface area contributed by atoms with Crippen molar-refractivity contribution in [1.82, 2.24) is 15.1 Å². The largest absolute Gasteiger partial charge is 0.396 e. The summed E-state index contributed by atoms with van der Waals surface area (Å²) < 4.78 is 1.60. The van der Waals surface area contributed by atoms with Crippen molar-refractivity contribution in [2.75, 3.05) is 13.2 Å². The minimum Gasteiger partial charge on any atom is -0.396 e. The molecule has 1 amide bonds. The number of carbonyl (C=O) groups excluding carboxylic acids is 1. The number of aliphatic hydroxyl groups is 1. The number of hydrogen-bond acceptors (Lipinski definition) is 3. The molecule has 0 aliphatic carbocycles. The molecule has 2 N–H and O–H groups in total. The van der Waals surface area contributed by atoms with E-state index in [2.05, 4.69) is 10.4 Å². The second-order valence-electron chi connectivity index (χ2n) is 4.51. The van der Waals surface area contributed by atoms with Crippen LogP contribution in [0.5, 0.6) is 0 Å². The third kappa shape index (κ3) is 3.75. The molecule has 0 saturated heterocycles. The molecule has 0 aliphatic rings. The summed E-state index contributed by atoms with van der Waals surface area (Å²) in [4.78, 5) is 11.9. The number of aliphatic hydroxyl groups excluding tert-OH is 1. The lowest BCUT2D eigenvalue weighted by atomic mass is 10.3. The maximum atomic E-state index is 11.9. The molecule has 0 aliphatic heterocycles. The highest BCUT2D eigenvalue weighted by Crippen LogP contribution is 2.25. The van der Waals surface area contributed by atoms with E-state index in [0.717, 1.165) is 5.69 Å². The molecule has 0 bridgehead atoms. The number of aryl methyl sites for hydroxylation is 1. The molecule has 0 unspecified atom stereocenters. The molecular formula is C14H15Cl2N3O2. The fourth-order valence-electron chi connectivity index (χ4n) is 1.85. The van der Waals surface area contributed by atoms with Gasteiger partial charge < -0.3 is 10.4 Å². The van der Waals surface area contributed by atoms with Crippen molar-refractivity contribution in [2.24, 2.45) is 0 Å². The summed E-state index contributed by atoms with van der Waals surface area (Å²) in [5.74, 6) is -0.282. The average Bonchev–Trinajstić information content (AvgIpc) is 2.81. The van der Waals surface area contributed by atoms with Gasteiger partial charge in [-0.3, -0.25) is 4.79 Å². The first-order valence-corrected chi connectivity index (χ1v) is 7.19. The van der Waals surface area contributed by atoms with Crippen LogP contribution in [0.15, 0.2) is 24.3 Å². The van der Waals surface area contributed by atoms with Crippen LogP contribution in [-0.2, 0) is 0 Å². The Morgan fingerprint density at radius 3 is 2.81 bits per heavy atom. The summed E-state index contributed by atoms with van der Waals surface area (Å²) >= 11 is 12.0. The molecule has 0 radical (unpaired) electrons. The summed E-state index contributed by atoms with van der Waals surface area (Å²) in [6.45, 7) is 2.28. The van der Waals surface area contributed by atoms with Gasteiger partial charge in [0.1, 0.15) is 0 Å². The quantitative estimate of drug-likeness (QED) is 0.829. The van der Waals surface area contributed by atoms with Crippen LogP contribution in [0.25, 0.3) is 5.69 Å². The summed E-state index contributed by atoms with van der Waals surface area (Å²) in [7, 11) is 0. The maximum absolute atomic E-state index is 11.9. The molecule has 1 aromatic heterocycles. The van der Waals surface area contributed by atoms with E-state index in [1.807, 2.05) is 6.92 Å². The summed E-state index contributed by atoms with van der Waals surface area (Å²) in [6, 6.07) is 6.77. The number of hydrogen-bond donors (Lipinski definition) is 2. The fourth-order valence-corrected chi connectivity index (χ4v) is 2.34. The van der Waals surface area contributed by atoms with Crippen molar-refractivity contribution in [3.63, 3.8) is 0 Å². The second kappa shape index (κ2) is 6.93. The molecular weight excluding hydrogens is 313 g/mol. The van der Waals surface area contributed by atoms with Gasteiger partial charge in [-0.2, -0.15) is 5.10 Å². The molecule has 0 atom stereocenters. The zero-order valence-electron chi connectivity index (χ0n) is 11.4. The number of benzene rings is 1. The lowest BCUT2D eigenvalue weighted by Crippen LogP contribution is -2.25. The molecule has 2 aromatic rings. The Labute approximate surface area is 132 Å². The number of halogens is 2. The van der Waals surface area contributed by atoms with Crippen LogP contribution >= 0.6 is 23.2 Å². The van der Waals surface area contributed by atoms with Gasteiger partial charge in [0.15, 0.2) is 5.69 Å². The molecule has 1 heterocycles. The summed E-state index contributed by atoms with van der Waals surface area (Å²) in [5.41, 5.74) is 1.75. The highest BCUT2D eigenvalue weighted by atomic mass is 35.5. The zero-order valence-corrected chi connectivity index (χ0v) is 12.9. The molecule has 0 spiro atoms. The molecule has 5 nitrogen and oxygen atoms in total. The number of amides is 1. The van der Waals surface area contributed by atoms with Crippen LogP contribution in [0, 0.1) is 6.92 Å². The Kier molecular flexibility index (Phi) is 5.22. The second-order valence-corrected chi connectivity index (χ2v) is 5.36. The van der Waals surface area contributed by atoms with Crippen LogP contribution in [0.4, 0.5) is 0 Å². The van der Waals surface area contributed by atoms with E-state index in [1.54, 1.807) is 28.9 Å². The first-order valence-electron chi connectivity index (χ1n) is 6.44. The summed E-state index contributed by atoms with van der Waals surface area (Å²) in [6.07, 6.45) is 0.508. The van der Waals surface area contributed by atoms with Gasteiger partial charge in [-0.25, -0.2) is 4.68 Å².